The van der Waals surface area contributed by atoms with E-state index >= 15 is 0 Å². The van der Waals surface area contributed by atoms with E-state index in [1.807, 2.05) is 33.8 Å². The van der Waals surface area contributed by atoms with E-state index in [0.29, 0.717) is 11.4 Å². The number of rotatable bonds is 10. The Hall–Kier alpha value is -3.37. The molecule has 0 fully saturated rings. The van der Waals surface area contributed by atoms with Gasteiger partial charge in [0.05, 0.1) is 17.7 Å². The fourth-order valence-corrected chi connectivity index (χ4v) is 5.68. The van der Waals surface area contributed by atoms with E-state index in [1.165, 1.54) is 17.0 Å². The first kappa shape index (κ1) is 31.2. The third-order valence-electron chi connectivity index (χ3n) is 6.16. The molecule has 0 saturated heterocycles. The van der Waals surface area contributed by atoms with Crippen molar-refractivity contribution in [1.82, 2.24) is 10.2 Å². The van der Waals surface area contributed by atoms with E-state index in [2.05, 4.69) is 21.2 Å². The van der Waals surface area contributed by atoms with Crippen molar-refractivity contribution in [3.63, 3.8) is 0 Å². The van der Waals surface area contributed by atoms with Crippen molar-refractivity contribution in [1.29, 1.82) is 0 Å². The highest BCUT2D eigenvalue weighted by atomic mass is 79.9. The minimum Gasteiger partial charge on any atom is -0.497 e. The lowest BCUT2D eigenvalue weighted by molar-refractivity contribution is -0.140. The smallest absolute Gasteiger partial charge is 0.264 e. The highest BCUT2D eigenvalue weighted by Crippen LogP contribution is 2.26. The van der Waals surface area contributed by atoms with Crippen LogP contribution < -0.4 is 14.4 Å². The average molecular weight is 631 g/mol. The van der Waals surface area contributed by atoms with Crippen LogP contribution in [0.4, 0.5) is 5.69 Å². The van der Waals surface area contributed by atoms with E-state index in [1.54, 1.807) is 68.6 Å². The maximum atomic E-state index is 14.0. The summed E-state index contributed by atoms with van der Waals surface area (Å²) in [5, 5.41) is 2.92. The molecule has 3 aromatic rings. The van der Waals surface area contributed by atoms with Crippen molar-refractivity contribution in [3.05, 3.63) is 88.4 Å². The normalized spacial score (nSPS) is 12.4. The molecule has 0 heterocycles. The number of aryl methyl sites for hydroxylation is 1. The van der Waals surface area contributed by atoms with Crippen LogP contribution in [0.15, 0.2) is 82.2 Å². The molecule has 2 amide bonds. The minimum absolute atomic E-state index is 0.0617. The van der Waals surface area contributed by atoms with Crippen LogP contribution in [0.25, 0.3) is 0 Å². The molecule has 214 valence electrons. The first-order valence-electron chi connectivity index (χ1n) is 12.8. The number of ether oxygens (including phenoxy) is 1. The maximum Gasteiger partial charge on any atom is 0.264 e. The molecule has 8 nitrogen and oxygen atoms in total. The molecule has 0 bridgehead atoms. The van der Waals surface area contributed by atoms with Gasteiger partial charge in [-0.05, 0) is 88.7 Å². The van der Waals surface area contributed by atoms with Crippen LogP contribution in [0.3, 0.4) is 0 Å². The third kappa shape index (κ3) is 8.08. The van der Waals surface area contributed by atoms with Crippen molar-refractivity contribution in [2.75, 3.05) is 18.0 Å². The van der Waals surface area contributed by atoms with Gasteiger partial charge in [0.15, 0.2) is 0 Å². The second-order valence-electron chi connectivity index (χ2n) is 10.6. The number of amides is 2. The van der Waals surface area contributed by atoms with Crippen molar-refractivity contribution in [3.8, 4) is 5.75 Å². The summed E-state index contributed by atoms with van der Waals surface area (Å²) in [6.45, 7) is 8.65. The van der Waals surface area contributed by atoms with E-state index in [9.17, 15) is 18.0 Å². The Balaban J connectivity index is 2.04. The van der Waals surface area contributed by atoms with Gasteiger partial charge in [-0.25, -0.2) is 8.42 Å². The van der Waals surface area contributed by atoms with Gasteiger partial charge in [-0.3, -0.25) is 13.9 Å². The number of sulfonamides is 1. The fraction of sp³-hybridized carbons (Fsp3) is 0.333. The van der Waals surface area contributed by atoms with Crippen LogP contribution in [0.5, 0.6) is 5.75 Å². The molecular formula is C30H36BrN3O5S. The second kappa shape index (κ2) is 12.9. The summed E-state index contributed by atoms with van der Waals surface area (Å²) in [5.74, 6) is -0.270. The van der Waals surface area contributed by atoms with E-state index < -0.39 is 34.1 Å². The highest BCUT2D eigenvalue weighted by molar-refractivity contribution is 9.10. The van der Waals surface area contributed by atoms with Gasteiger partial charge in [0, 0.05) is 16.6 Å². The van der Waals surface area contributed by atoms with Gasteiger partial charge < -0.3 is 15.0 Å². The number of hydrogen-bond acceptors (Lipinski definition) is 5. The summed E-state index contributed by atoms with van der Waals surface area (Å²) in [4.78, 5) is 28.6. The van der Waals surface area contributed by atoms with Crippen molar-refractivity contribution < 1.29 is 22.7 Å². The SMILES string of the molecule is COc1cccc(CN(C(=O)CN(c2ccc(Br)cc2)S(=O)(=O)c2ccc(C)cc2)[C@H](C)C(=O)NC(C)(C)C)c1. The van der Waals surface area contributed by atoms with Crippen molar-refractivity contribution >= 4 is 43.5 Å². The lowest BCUT2D eigenvalue weighted by Gasteiger charge is -2.33. The van der Waals surface area contributed by atoms with Crippen LogP contribution in [0.2, 0.25) is 0 Å². The third-order valence-corrected chi connectivity index (χ3v) is 8.47. The largest absolute Gasteiger partial charge is 0.497 e. The van der Waals surface area contributed by atoms with Crippen molar-refractivity contribution in [2.24, 2.45) is 0 Å². The molecule has 0 aliphatic heterocycles. The quantitative estimate of drug-likeness (QED) is 0.329. The molecule has 3 aromatic carbocycles. The van der Waals surface area contributed by atoms with Gasteiger partial charge in [0.25, 0.3) is 10.0 Å². The zero-order valence-corrected chi connectivity index (χ0v) is 26.0. The molecule has 0 saturated carbocycles. The zero-order chi connectivity index (χ0) is 29.7. The number of hydrogen-bond donors (Lipinski definition) is 1. The Morgan fingerprint density at radius 2 is 1.62 bits per heavy atom. The van der Waals surface area contributed by atoms with Gasteiger partial charge >= 0.3 is 0 Å². The van der Waals surface area contributed by atoms with E-state index in [4.69, 9.17) is 4.74 Å². The number of anilines is 1. The van der Waals surface area contributed by atoms with Gasteiger partial charge in [-0.2, -0.15) is 0 Å². The molecule has 40 heavy (non-hydrogen) atoms. The molecule has 1 atom stereocenters. The molecule has 0 aliphatic carbocycles. The summed E-state index contributed by atoms with van der Waals surface area (Å²) in [5.41, 5.74) is 1.45. The van der Waals surface area contributed by atoms with Gasteiger partial charge in [0.2, 0.25) is 11.8 Å². The number of halogens is 1. The predicted octanol–water partition coefficient (Wildman–Crippen LogP) is 5.29. The van der Waals surface area contributed by atoms with E-state index in [-0.39, 0.29) is 17.3 Å². The zero-order valence-electron chi connectivity index (χ0n) is 23.6. The van der Waals surface area contributed by atoms with Crippen LogP contribution in [-0.4, -0.2) is 50.4 Å². The molecule has 0 spiro atoms. The first-order chi connectivity index (χ1) is 18.7. The topological polar surface area (TPSA) is 96.0 Å². The van der Waals surface area contributed by atoms with Gasteiger partial charge in [-0.1, -0.05) is 45.8 Å². The fourth-order valence-electron chi connectivity index (χ4n) is 4.00. The molecule has 0 aliphatic rings. The summed E-state index contributed by atoms with van der Waals surface area (Å²) in [7, 11) is -2.57. The number of benzene rings is 3. The number of nitrogens with one attached hydrogen (secondary N) is 1. The summed E-state index contributed by atoms with van der Waals surface area (Å²) in [6.07, 6.45) is 0. The number of carbonyl (C=O) groups is 2. The Kier molecular flexibility index (Phi) is 10.0. The van der Waals surface area contributed by atoms with E-state index in [0.717, 1.165) is 19.9 Å². The Bertz CT molecular complexity index is 1440. The molecule has 10 heteroatoms. The highest BCUT2D eigenvalue weighted by Gasteiger charge is 2.33. The molecular weight excluding hydrogens is 594 g/mol. The molecule has 1 N–H and O–H groups in total. The summed E-state index contributed by atoms with van der Waals surface area (Å²) < 4.78 is 34.9. The predicted molar refractivity (Wildman–Crippen MR) is 161 cm³/mol. The lowest BCUT2D eigenvalue weighted by Crippen LogP contribution is -2.54. The summed E-state index contributed by atoms with van der Waals surface area (Å²) in [6, 6.07) is 19.5. The Morgan fingerprint density at radius 3 is 2.20 bits per heavy atom. The van der Waals surface area contributed by atoms with Crippen molar-refractivity contribution in [2.45, 2.75) is 57.6 Å². The second-order valence-corrected chi connectivity index (χ2v) is 13.4. The average Bonchev–Trinajstić information content (AvgIpc) is 2.89. The summed E-state index contributed by atoms with van der Waals surface area (Å²) >= 11 is 3.38. The standard InChI is InChI=1S/C30H36BrN3O5S/c1-21-10-16-27(17-11-21)40(37,38)34(25-14-12-24(31)13-15-25)20-28(35)33(22(2)29(36)32-30(3,4)5)19-23-8-7-9-26(18-23)39-6/h7-18,22H,19-20H2,1-6H3,(H,32,36)/t22-/m1/s1. The number of carbonyl (C=O) groups excluding carboxylic acids is 2. The van der Waals surface area contributed by atoms with Crippen LogP contribution in [-0.2, 0) is 26.2 Å². The molecule has 3 rings (SSSR count). The Morgan fingerprint density at radius 1 is 1.00 bits per heavy atom. The molecule has 0 radical (unpaired) electrons. The Labute approximate surface area is 245 Å². The molecule has 0 aromatic heterocycles. The maximum absolute atomic E-state index is 14.0. The van der Waals surface area contributed by atoms with Gasteiger partial charge in [-0.15, -0.1) is 0 Å². The number of methoxy groups -OCH3 is 1. The van der Waals surface area contributed by atoms with Crippen LogP contribution in [0.1, 0.15) is 38.8 Å². The molecule has 0 unspecified atom stereocenters. The number of nitrogens with zero attached hydrogens (tertiary/aromatic N) is 2. The minimum atomic E-state index is -4.12. The lowest BCUT2D eigenvalue weighted by atomic mass is 10.1. The van der Waals surface area contributed by atoms with Crippen LogP contribution >= 0.6 is 15.9 Å². The monoisotopic (exact) mass is 629 g/mol. The van der Waals surface area contributed by atoms with Crippen LogP contribution in [0, 0.1) is 6.92 Å². The van der Waals surface area contributed by atoms with Gasteiger partial charge in [0.1, 0.15) is 18.3 Å². The first-order valence-corrected chi connectivity index (χ1v) is 15.0.